The van der Waals surface area contributed by atoms with Crippen LogP contribution in [0.25, 0.3) is 11.1 Å². The highest BCUT2D eigenvalue weighted by molar-refractivity contribution is 5.64. The number of ether oxygens (including phenoxy) is 1. The molecule has 0 aromatic heterocycles. The Bertz CT molecular complexity index is 629. The molecule has 23 heavy (non-hydrogen) atoms. The van der Waals surface area contributed by atoms with E-state index < -0.39 is 6.10 Å². The monoisotopic (exact) mass is 311 g/mol. The fourth-order valence-electron chi connectivity index (χ4n) is 2.23. The quantitative estimate of drug-likeness (QED) is 0.735. The van der Waals surface area contributed by atoms with Crippen molar-refractivity contribution in [2.75, 3.05) is 13.2 Å². The summed E-state index contributed by atoms with van der Waals surface area (Å²) in [6.07, 6.45) is 0.629. The summed E-state index contributed by atoms with van der Waals surface area (Å²) in [5.74, 6) is 0. The van der Waals surface area contributed by atoms with Crippen LogP contribution in [0.3, 0.4) is 0 Å². The highest BCUT2D eigenvalue weighted by atomic mass is 16.5. The Balaban J connectivity index is 1.81. The summed E-state index contributed by atoms with van der Waals surface area (Å²) in [6, 6.07) is 17.7. The van der Waals surface area contributed by atoms with Gasteiger partial charge in [-0.3, -0.25) is 0 Å². The fraction of sp³-hybridized carbons (Fsp3) is 0.316. The minimum absolute atomic E-state index is 0.198. The first-order chi connectivity index (χ1) is 11.2. The number of aliphatic hydroxyl groups is 2. The van der Waals surface area contributed by atoms with Crippen molar-refractivity contribution < 1.29 is 14.9 Å². The lowest BCUT2D eigenvalue weighted by atomic mass is 10.0. The molecule has 0 spiro atoms. The third kappa shape index (κ3) is 5.50. The third-order valence-electron chi connectivity index (χ3n) is 3.61. The van der Waals surface area contributed by atoms with Gasteiger partial charge in [0.2, 0.25) is 0 Å². The Morgan fingerprint density at radius 2 is 1.61 bits per heavy atom. The van der Waals surface area contributed by atoms with Gasteiger partial charge >= 0.3 is 0 Å². The molecule has 0 saturated carbocycles. The molecule has 0 heterocycles. The molecular formula is C19H21NO3. The lowest BCUT2D eigenvalue weighted by Crippen LogP contribution is -2.12. The van der Waals surface area contributed by atoms with Crippen LogP contribution >= 0.6 is 0 Å². The molecule has 2 N–H and O–H groups in total. The first-order valence-electron chi connectivity index (χ1n) is 7.69. The van der Waals surface area contributed by atoms with Gasteiger partial charge in [0.1, 0.15) is 0 Å². The molecule has 0 saturated heterocycles. The van der Waals surface area contributed by atoms with Crippen molar-refractivity contribution in [1.29, 1.82) is 5.26 Å². The SMILES string of the molecule is N#Cc1ccc(-c2ccc(COCCC[C@@H](O)CO)cc2)cc1. The second-order valence-corrected chi connectivity index (χ2v) is 5.42. The lowest BCUT2D eigenvalue weighted by Gasteiger charge is -2.08. The topological polar surface area (TPSA) is 73.5 Å². The summed E-state index contributed by atoms with van der Waals surface area (Å²) >= 11 is 0. The van der Waals surface area contributed by atoms with E-state index in [1.807, 2.05) is 48.5 Å². The second-order valence-electron chi connectivity index (χ2n) is 5.42. The highest BCUT2D eigenvalue weighted by Gasteiger charge is 2.02. The van der Waals surface area contributed by atoms with Gasteiger partial charge < -0.3 is 14.9 Å². The van der Waals surface area contributed by atoms with Crippen LogP contribution in [0.5, 0.6) is 0 Å². The van der Waals surface area contributed by atoms with E-state index in [1.54, 1.807) is 0 Å². The molecule has 0 aliphatic carbocycles. The Morgan fingerprint density at radius 1 is 1.00 bits per heavy atom. The minimum Gasteiger partial charge on any atom is -0.394 e. The maximum Gasteiger partial charge on any atom is 0.0991 e. The molecule has 0 radical (unpaired) electrons. The standard InChI is InChI=1S/C19H21NO3/c20-12-15-3-7-17(8-4-15)18-9-5-16(6-10-18)14-23-11-1-2-19(22)13-21/h3-10,19,21-22H,1-2,11,13-14H2/t19-/m1/s1. The molecule has 4 heteroatoms. The molecular weight excluding hydrogens is 290 g/mol. The van der Waals surface area contributed by atoms with Gasteiger partial charge in [0.15, 0.2) is 0 Å². The number of hydrogen-bond acceptors (Lipinski definition) is 4. The zero-order valence-corrected chi connectivity index (χ0v) is 13.0. The van der Waals surface area contributed by atoms with Crippen molar-refractivity contribution in [3.63, 3.8) is 0 Å². The van der Waals surface area contributed by atoms with E-state index in [9.17, 15) is 5.11 Å². The van der Waals surface area contributed by atoms with E-state index in [4.69, 9.17) is 15.1 Å². The van der Waals surface area contributed by atoms with Crippen molar-refractivity contribution >= 4 is 0 Å². The van der Waals surface area contributed by atoms with Crippen molar-refractivity contribution in [2.24, 2.45) is 0 Å². The van der Waals surface area contributed by atoms with Crippen LogP contribution in [0.4, 0.5) is 0 Å². The van der Waals surface area contributed by atoms with E-state index in [0.717, 1.165) is 23.1 Å². The molecule has 1 atom stereocenters. The second kappa shape index (κ2) is 9.06. The van der Waals surface area contributed by atoms with Crippen LogP contribution in [-0.4, -0.2) is 29.5 Å². The van der Waals surface area contributed by atoms with Gasteiger partial charge in [-0.1, -0.05) is 36.4 Å². The zero-order valence-electron chi connectivity index (χ0n) is 13.0. The maximum absolute atomic E-state index is 9.22. The van der Waals surface area contributed by atoms with Gasteiger partial charge in [-0.2, -0.15) is 5.26 Å². The highest BCUT2D eigenvalue weighted by Crippen LogP contribution is 2.20. The molecule has 0 unspecified atom stereocenters. The molecule has 0 fully saturated rings. The predicted molar refractivity (Wildman–Crippen MR) is 88.6 cm³/mol. The van der Waals surface area contributed by atoms with E-state index in [2.05, 4.69) is 6.07 Å². The molecule has 0 amide bonds. The van der Waals surface area contributed by atoms with Crippen LogP contribution in [-0.2, 0) is 11.3 Å². The van der Waals surface area contributed by atoms with Crippen LogP contribution < -0.4 is 0 Å². The molecule has 0 bridgehead atoms. The average Bonchev–Trinajstić information content (AvgIpc) is 2.62. The molecule has 120 valence electrons. The summed E-state index contributed by atoms with van der Waals surface area (Å²) in [5, 5.41) is 26.7. The number of hydrogen-bond donors (Lipinski definition) is 2. The van der Waals surface area contributed by atoms with Gasteiger partial charge in [-0.15, -0.1) is 0 Å². The smallest absolute Gasteiger partial charge is 0.0991 e. The Morgan fingerprint density at radius 3 is 2.17 bits per heavy atom. The van der Waals surface area contributed by atoms with Crippen molar-refractivity contribution in [1.82, 2.24) is 0 Å². The van der Waals surface area contributed by atoms with E-state index >= 15 is 0 Å². The maximum atomic E-state index is 9.22. The van der Waals surface area contributed by atoms with Crippen LogP contribution in [0.2, 0.25) is 0 Å². The van der Waals surface area contributed by atoms with Crippen LogP contribution in [0, 0.1) is 11.3 Å². The summed E-state index contributed by atoms with van der Waals surface area (Å²) in [7, 11) is 0. The van der Waals surface area contributed by atoms with Crippen molar-refractivity contribution in [3.05, 3.63) is 59.7 Å². The number of nitrogens with zero attached hydrogens (tertiary/aromatic N) is 1. The number of benzene rings is 2. The number of rotatable bonds is 8. The molecule has 4 nitrogen and oxygen atoms in total. The fourth-order valence-corrected chi connectivity index (χ4v) is 2.23. The minimum atomic E-state index is -0.648. The normalized spacial score (nSPS) is 11.9. The first kappa shape index (κ1) is 17.2. The summed E-state index contributed by atoms with van der Waals surface area (Å²) in [5.41, 5.74) is 3.92. The van der Waals surface area contributed by atoms with E-state index in [0.29, 0.717) is 25.2 Å². The Hall–Kier alpha value is -2.19. The van der Waals surface area contributed by atoms with Gasteiger partial charge in [-0.25, -0.2) is 0 Å². The molecule has 2 aromatic carbocycles. The van der Waals surface area contributed by atoms with Crippen LogP contribution in [0.1, 0.15) is 24.0 Å². The number of aliphatic hydroxyl groups excluding tert-OH is 2. The van der Waals surface area contributed by atoms with Gasteiger partial charge in [0, 0.05) is 6.61 Å². The lowest BCUT2D eigenvalue weighted by molar-refractivity contribution is 0.0668. The van der Waals surface area contributed by atoms with Gasteiger partial charge in [0.05, 0.1) is 31.0 Å². The van der Waals surface area contributed by atoms with Crippen LogP contribution in [0.15, 0.2) is 48.5 Å². The summed E-state index contributed by atoms with van der Waals surface area (Å²) in [4.78, 5) is 0. The largest absolute Gasteiger partial charge is 0.394 e. The molecule has 0 aliphatic heterocycles. The zero-order chi connectivity index (χ0) is 16.5. The molecule has 0 aliphatic rings. The molecule has 2 aromatic rings. The predicted octanol–water partition coefficient (Wildman–Crippen LogP) is 2.88. The third-order valence-corrected chi connectivity index (χ3v) is 3.61. The van der Waals surface area contributed by atoms with Crippen molar-refractivity contribution in [3.8, 4) is 17.2 Å². The summed E-state index contributed by atoms with van der Waals surface area (Å²) < 4.78 is 5.56. The first-order valence-corrected chi connectivity index (χ1v) is 7.69. The van der Waals surface area contributed by atoms with Gasteiger partial charge in [-0.05, 0) is 41.7 Å². The Kier molecular flexibility index (Phi) is 6.76. The van der Waals surface area contributed by atoms with E-state index in [1.165, 1.54) is 0 Å². The number of nitriles is 1. The Labute approximate surface area is 136 Å². The van der Waals surface area contributed by atoms with Gasteiger partial charge in [0.25, 0.3) is 0 Å². The average molecular weight is 311 g/mol. The van der Waals surface area contributed by atoms with Crippen molar-refractivity contribution in [2.45, 2.75) is 25.6 Å². The summed E-state index contributed by atoms with van der Waals surface area (Å²) in [6.45, 7) is 0.897. The molecule has 2 rings (SSSR count). The van der Waals surface area contributed by atoms with E-state index in [-0.39, 0.29) is 6.61 Å².